The molecule has 2 fully saturated rings. The minimum atomic E-state index is -0.487. The van der Waals surface area contributed by atoms with Gasteiger partial charge < -0.3 is 5.32 Å². The molecule has 2 aromatic carbocycles. The fourth-order valence-corrected chi connectivity index (χ4v) is 2.80. The summed E-state index contributed by atoms with van der Waals surface area (Å²) < 4.78 is 0. The van der Waals surface area contributed by atoms with E-state index >= 15 is 0 Å². The molecule has 2 aliphatic carbocycles. The van der Waals surface area contributed by atoms with Gasteiger partial charge in [0.25, 0.3) is 0 Å². The normalized spacial score (nSPS) is 15.4. The Morgan fingerprint density at radius 3 is 1.61 bits per heavy atom. The van der Waals surface area contributed by atoms with E-state index in [0.717, 1.165) is 16.0 Å². The zero-order valence-corrected chi connectivity index (χ0v) is 18.5. The summed E-state index contributed by atoms with van der Waals surface area (Å²) >= 11 is 0. The number of nitrogens with zero attached hydrogens (tertiary/aromatic N) is 1. The van der Waals surface area contributed by atoms with Crippen LogP contribution in [0.25, 0.3) is 0 Å². The average molecular weight is 452 g/mol. The second-order valence-corrected chi connectivity index (χ2v) is 6.91. The SMILES string of the molecule is Cc1ccc(NC(=O)N(C(=O)[C]2[CH][CH][CH][CH]2)c2ccc(C)cc2)cc1.[CH]1[CH][CH][CH][CH]1.[Fe+2]. The summed E-state index contributed by atoms with van der Waals surface area (Å²) in [6.07, 6.45) is 16.9. The standard InChI is InChI=1S/C21H19N2O2.C5H5.Fe/c1-15-7-11-18(12-8-15)22-21(25)23(19-13-9-16(2)10-14-19)20(24)17-5-3-4-6-17;1-2-4-5-3-1;/h3-14H,1-2H3,(H,22,25);1-5H;/q;;+2. The summed E-state index contributed by atoms with van der Waals surface area (Å²) in [6, 6.07) is 14.2. The number of hydrogen-bond donors (Lipinski definition) is 1. The Kier molecular flexibility index (Phi) is 10.3. The minimum Gasteiger partial charge on any atom is -0.307 e. The van der Waals surface area contributed by atoms with Gasteiger partial charge in [-0.2, -0.15) is 0 Å². The van der Waals surface area contributed by atoms with Crippen molar-refractivity contribution in [2.45, 2.75) is 13.8 Å². The second kappa shape index (κ2) is 12.7. The Morgan fingerprint density at radius 2 is 1.13 bits per heavy atom. The van der Waals surface area contributed by atoms with Crippen molar-refractivity contribution in [3.05, 3.63) is 123 Å². The molecule has 0 aliphatic heterocycles. The molecule has 4 nitrogen and oxygen atoms in total. The number of carbonyl (C=O) groups excluding carboxylic acids is 2. The maximum absolute atomic E-state index is 12.8. The molecular formula is C26H24FeN2O2+2. The van der Waals surface area contributed by atoms with E-state index in [1.54, 1.807) is 37.8 Å². The first kappa shape index (κ1) is 25.2. The molecule has 0 saturated heterocycles. The Hall–Kier alpha value is -2.10. The van der Waals surface area contributed by atoms with Gasteiger partial charge >= 0.3 is 23.1 Å². The number of carbonyl (C=O) groups is 2. The van der Waals surface area contributed by atoms with Crippen molar-refractivity contribution in [3.63, 3.8) is 0 Å². The predicted octanol–water partition coefficient (Wildman–Crippen LogP) is 5.29. The van der Waals surface area contributed by atoms with Gasteiger partial charge in [0, 0.05) is 5.69 Å². The van der Waals surface area contributed by atoms with E-state index in [-0.39, 0.29) is 23.0 Å². The molecule has 5 heteroatoms. The van der Waals surface area contributed by atoms with Crippen molar-refractivity contribution in [3.8, 4) is 0 Å². The number of rotatable bonds is 3. The Morgan fingerprint density at radius 1 is 0.677 bits per heavy atom. The van der Waals surface area contributed by atoms with E-state index < -0.39 is 6.03 Å². The zero-order valence-electron chi connectivity index (χ0n) is 17.4. The zero-order chi connectivity index (χ0) is 21.3. The van der Waals surface area contributed by atoms with Gasteiger partial charge in [-0.25, -0.2) is 9.69 Å². The molecule has 2 aromatic rings. The number of hydrogen-bond acceptors (Lipinski definition) is 2. The molecular weight excluding hydrogens is 428 g/mol. The van der Waals surface area contributed by atoms with Gasteiger partial charge in [-0.15, -0.1) is 0 Å². The molecule has 2 aliphatic rings. The number of amides is 3. The van der Waals surface area contributed by atoms with Crippen molar-refractivity contribution in [1.82, 2.24) is 0 Å². The van der Waals surface area contributed by atoms with E-state index in [2.05, 4.69) is 5.32 Å². The Bertz CT molecular complexity index is 816. The van der Waals surface area contributed by atoms with Gasteiger partial charge in [0.2, 0.25) is 5.91 Å². The summed E-state index contributed by atoms with van der Waals surface area (Å²) in [5, 5.41) is 2.79. The number of benzene rings is 2. The summed E-state index contributed by atoms with van der Waals surface area (Å²) in [5.74, 6) is 0.109. The van der Waals surface area contributed by atoms with E-state index in [9.17, 15) is 9.59 Å². The van der Waals surface area contributed by atoms with Crippen LogP contribution in [-0.2, 0) is 21.9 Å². The fourth-order valence-electron chi connectivity index (χ4n) is 2.80. The maximum atomic E-state index is 12.8. The molecule has 31 heavy (non-hydrogen) atoms. The van der Waals surface area contributed by atoms with E-state index in [0.29, 0.717) is 17.3 Å². The van der Waals surface area contributed by atoms with Crippen molar-refractivity contribution in [2.75, 3.05) is 10.2 Å². The van der Waals surface area contributed by atoms with Crippen LogP contribution in [0.1, 0.15) is 11.1 Å². The number of imide groups is 1. The first-order valence-corrected chi connectivity index (χ1v) is 9.72. The van der Waals surface area contributed by atoms with Crippen LogP contribution in [0.3, 0.4) is 0 Å². The van der Waals surface area contributed by atoms with Crippen molar-refractivity contribution in [2.24, 2.45) is 0 Å². The van der Waals surface area contributed by atoms with Crippen molar-refractivity contribution >= 4 is 23.3 Å². The van der Waals surface area contributed by atoms with Crippen molar-refractivity contribution in [1.29, 1.82) is 0 Å². The second-order valence-electron chi connectivity index (χ2n) is 6.91. The van der Waals surface area contributed by atoms with Crippen molar-refractivity contribution < 1.29 is 26.7 Å². The molecule has 0 unspecified atom stereocenters. The predicted molar refractivity (Wildman–Crippen MR) is 121 cm³/mol. The van der Waals surface area contributed by atoms with Gasteiger partial charge in [-0.3, -0.25) is 4.79 Å². The Labute approximate surface area is 197 Å². The average Bonchev–Trinajstić information content (AvgIpc) is 3.48. The maximum Gasteiger partial charge on any atom is 2.00 e. The first-order valence-electron chi connectivity index (χ1n) is 9.72. The monoisotopic (exact) mass is 452 g/mol. The number of anilines is 2. The van der Waals surface area contributed by atoms with Gasteiger partial charge in [0.05, 0.1) is 11.6 Å². The van der Waals surface area contributed by atoms with Gasteiger partial charge in [-0.1, -0.05) is 35.4 Å². The molecule has 156 valence electrons. The summed E-state index contributed by atoms with van der Waals surface area (Å²) in [4.78, 5) is 26.8. The van der Waals surface area contributed by atoms with Crippen LogP contribution in [0.2, 0.25) is 0 Å². The van der Waals surface area contributed by atoms with Gasteiger partial charge in [-0.05, 0) is 95.9 Å². The largest absolute Gasteiger partial charge is 2.00 e. The van der Waals surface area contributed by atoms with E-state index in [1.165, 1.54) is 0 Å². The minimum absolute atomic E-state index is 0. The third kappa shape index (κ3) is 7.52. The molecule has 3 amide bonds. The Balaban J connectivity index is 0.000000501. The molecule has 2 saturated carbocycles. The van der Waals surface area contributed by atoms with Crippen LogP contribution in [-0.4, -0.2) is 11.9 Å². The van der Waals surface area contributed by atoms with Crippen LogP contribution in [0.15, 0.2) is 48.5 Å². The van der Waals surface area contributed by atoms with Crippen LogP contribution < -0.4 is 10.2 Å². The quantitative estimate of drug-likeness (QED) is 0.644. The molecule has 4 rings (SSSR count). The third-order valence-corrected chi connectivity index (χ3v) is 4.47. The molecule has 1 N–H and O–H groups in total. The van der Waals surface area contributed by atoms with Gasteiger partial charge in [0.1, 0.15) is 0 Å². The van der Waals surface area contributed by atoms with Crippen LogP contribution in [0.5, 0.6) is 0 Å². The summed E-state index contributed by atoms with van der Waals surface area (Å²) in [5.41, 5.74) is 3.33. The van der Waals surface area contributed by atoms with Crippen LogP contribution in [0, 0.1) is 77.6 Å². The van der Waals surface area contributed by atoms with Crippen LogP contribution >= 0.6 is 0 Å². The smallest absolute Gasteiger partial charge is 0.307 e. The molecule has 0 aromatic heterocycles. The number of urea groups is 1. The van der Waals surface area contributed by atoms with Crippen LogP contribution in [0.4, 0.5) is 16.2 Å². The topological polar surface area (TPSA) is 49.4 Å². The third-order valence-electron chi connectivity index (χ3n) is 4.47. The molecule has 0 atom stereocenters. The van der Waals surface area contributed by atoms with E-state index in [4.69, 9.17) is 0 Å². The molecule has 0 spiro atoms. The number of nitrogens with one attached hydrogen (secondary N) is 1. The fraction of sp³-hybridized carbons (Fsp3) is 0.0769. The first-order chi connectivity index (χ1) is 14.5. The molecule has 0 heterocycles. The summed E-state index contributed by atoms with van der Waals surface area (Å²) in [7, 11) is 0. The molecule has 10 radical (unpaired) electrons. The van der Waals surface area contributed by atoms with Gasteiger partial charge in [0.15, 0.2) is 0 Å². The number of aryl methyl sites for hydroxylation is 2. The molecule has 0 bridgehead atoms. The van der Waals surface area contributed by atoms with E-state index in [1.807, 2.05) is 82.3 Å². The summed E-state index contributed by atoms with van der Waals surface area (Å²) in [6.45, 7) is 3.93.